The van der Waals surface area contributed by atoms with Crippen LogP contribution in [0.5, 0.6) is 0 Å². The molecule has 0 radical (unpaired) electrons. The highest BCUT2D eigenvalue weighted by atomic mass is 35.5. The van der Waals surface area contributed by atoms with Crippen molar-refractivity contribution in [2.45, 2.75) is 12.5 Å². The standard InChI is InChI=1S/C15H17N3O2S.ClH/c19-14(9-13-10-16-4-6-20-13)18-12-3-1-2-11(8-12)15-17-5-7-21-15;/h1-3,5,7-8,13,16H,4,6,9-10H2,(H,18,19);1H. The molecule has 0 spiro atoms. The first kappa shape index (κ1) is 16.9. The number of amides is 1. The molecule has 1 unspecified atom stereocenters. The zero-order valence-electron chi connectivity index (χ0n) is 12.0. The molecule has 1 aromatic heterocycles. The highest BCUT2D eigenvalue weighted by Gasteiger charge is 2.17. The van der Waals surface area contributed by atoms with Crippen LogP contribution in [0.4, 0.5) is 5.69 Å². The molecule has 1 saturated heterocycles. The van der Waals surface area contributed by atoms with Gasteiger partial charge in [-0.3, -0.25) is 4.79 Å². The minimum Gasteiger partial charge on any atom is -0.375 e. The minimum absolute atomic E-state index is 0. The number of aromatic nitrogens is 1. The number of nitrogens with one attached hydrogen (secondary N) is 2. The summed E-state index contributed by atoms with van der Waals surface area (Å²) in [5, 5.41) is 9.03. The highest BCUT2D eigenvalue weighted by Crippen LogP contribution is 2.24. The highest BCUT2D eigenvalue weighted by molar-refractivity contribution is 7.13. The lowest BCUT2D eigenvalue weighted by atomic mass is 10.2. The van der Waals surface area contributed by atoms with E-state index in [4.69, 9.17) is 4.74 Å². The number of hydrogen-bond donors (Lipinski definition) is 2. The maximum absolute atomic E-state index is 12.0. The summed E-state index contributed by atoms with van der Waals surface area (Å²) in [5.41, 5.74) is 1.80. The van der Waals surface area contributed by atoms with E-state index in [1.54, 1.807) is 17.5 Å². The van der Waals surface area contributed by atoms with Gasteiger partial charge in [0, 0.05) is 35.9 Å². The molecule has 1 amide bonds. The van der Waals surface area contributed by atoms with Gasteiger partial charge in [-0.05, 0) is 12.1 Å². The van der Waals surface area contributed by atoms with Crippen LogP contribution < -0.4 is 10.6 Å². The molecule has 22 heavy (non-hydrogen) atoms. The number of halogens is 1. The molecule has 1 fully saturated rings. The van der Waals surface area contributed by atoms with Crippen LogP contribution in [0.2, 0.25) is 0 Å². The molecule has 1 aromatic carbocycles. The van der Waals surface area contributed by atoms with Crippen molar-refractivity contribution in [2.75, 3.05) is 25.0 Å². The Morgan fingerprint density at radius 2 is 2.41 bits per heavy atom. The van der Waals surface area contributed by atoms with E-state index < -0.39 is 0 Å². The third-order valence-corrected chi connectivity index (χ3v) is 4.07. The summed E-state index contributed by atoms with van der Waals surface area (Å²) in [6.45, 7) is 2.25. The summed E-state index contributed by atoms with van der Waals surface area (Å²) >= 11 is 1.58. The Labute approximate surface area is 139 Å². The van der Waals surface area contributed by atoms with E-state index in [0.717, 1.165) is 29.3 Å². The van der Waals surface area contributed by atoms with Gasteiger partial charge < -0.3 is 15.4 Å². The molecule has 1 aliphatic rings. The summed E-state index contributed by atoms with van der Waals surface area (Å²) < 4.78 is 5.54. The van der Waals surface area contributed by atoms with Crippen molar-refractivity contribution >= 4 is 35.3 Å². The first-order valence-corrected chi connectivity index (χ1v) is 7.81. The first-order valence-electron chi connectivity index (χ1n) is 6.93. The third-order valence-electron chi connectivity index (χ3n) is 3.24. The number of rotatable bonds is 4. The van der Waals surface area contributed by atoms with E-state index in [1.807, 2.05) is 29.6 Å². The Morgan fingerprint density at radius 3 is 3.14 bits per heavy atom. The Kier molecular flexibility index (Phi) is 6.33. The van der Waals surface area contributed by atoms with Crippen LogP contribution >= 0.6 is 23.7 Å². The zero-order chi connectivity index (χ0) is 14.5. The first-order chi connectivity index (χ1) is 10.3. The van der Waals surface area contributed by atoms with Crippen molar-refractivity contribution in [3.63, 3.8) is 0 Å². The number of anilines is 1. The fraction of sp³-hybridized carbons (Fsp3) is 0.333. The van der Waals surface area contributed by atoms with E-state index in [0.29, 0.717) is 13.0 Å². The van der Waals surface area contributed by atoms with Crippen molar-refractivity contribution in [3.8, 4) is 10.6 Å². The molecule has 3 rings (SSSR count). The molecule has 0 saturated carbocycles. The lowest BCUT2D eigenvalue weighted by Gasteiger charge is -2.23. The van der Waals surface area contributed by atoms with Gasteiger partial charge in [-0.2, -0.15) is 0 Å². The quantitative estimate of drug-likeness (QED) is 0.898. The maximum Gasteiger partial charge on any atom is 0.227 e. The van der Waals surface area contributed by atoms with Gasteiger partial charge in [0.25, 0.3) is 0 Å². The van der Waals surface area contributed by atoms with Crippen LogP contribution in [0.25, 0.3) is 10.6 Å². The van der Waals surface area contributed by atoms with E-state index in [-0.39, 0.29) is 24.4 Å². The minimum atomic E-state index is -0.0408. The zero-order valence-corrected chi connectivity index (χ0v) is 13.6. The van der Waals surface area contributed by atoms with Crippen LogP contribution in [0.15, 0.2) is 35.8 Å². The lowest BCUT2D eigenvalue weighted by Crippen LogP contribution is -2.40. The molecule has 0 bridgehead atoms. The Bertz CT molecular complexity index is 601. The van der Waals surface area contributed by atoms with Gasteiger partial charge in [0.15, 0.2) is 0 Å². The Balaban J connectivity index is 0.00000176. The summed E-state index contributed by atoms with van der Waals surface area (Å²) in [6, 6.07) is 7.74. The van der Waals surface area contributed by atoms with E-state index in [1.165, 1.54) is 0 Å². The predicted octanol–water partition coefficient (Wildman–Crippen LogP) is 2.55. The fourth-order valence-electron chi connectivity index (χ4n) is 2.27. The molecule has 0 aliphatic carbocycles. The van der Waals surface area contributed by atoms with E-state index in [9.17, 15) is 4.79 Å². The maximum atomic E-state index is 12.0. The molecule has 1 aliphatic heterocycles. The molecule has 5 nitrogen and oxygen atoms in total. The SMILES string of the molecule is Cl.O=C(CC1CNCCO1)Nc1cccc(-c2nccs2)c1. The predicted molar refractivity (Wildman–Crippen MR) is 90.7 cm³/mol. The van der Waals surface area contributed by atoms with Gasteiger partial charge >= 0.3 is 0 Å². The molecule has 2 aromatic rings. The van der Waals surface area contributed by atoms with Gasteiger partial charge in [0.05, 0.1) is 19.1 Å². The van der Waals surface area contributed by atoms with Gasteiger partial charge in [0.1, 0.15) is 5.01 Å². The molecule has 2 heterocycles. The van der Waals surface area contributed by atoms with Crippen molar-refractivity contribution in [2.24, 2.45) is 0 Å². The number of carbonyl (C=O) groups excluding carboxylic acids is 1. The molecule has 1 atom stereocenters. The van der Waals surface area contributed by atoms with Gasteiger partial charge in [-0.25, -0.2) is 4.98 Å². The van der Waals surface area contributed by atoms with Crippen molar-refractivity contribution < 1.29 is 9.53 Å². The van der Waals surface area contributed by atoms with Gasteiger partial charge in [-0.15, -0.1) is 23.7 Å². The lowest BCUT2D eigenvalue weighted by molar-refractivity contribution is -0.119. The average molecular weight is 340 g/mol. The van der Waals surface area contributed by atoms with Crippen LogP contribution in [0.3, 0.4) is 0 Å². The van der Waals surface area contributed by atoms with Crippen molar-refractivity contribution in [1.82, 2.24) is 10.3 Å². The largest absolute Gasteiger partial charge is 0.375 e. The van der Waals surface area contributed by atoms with Gasteiger partial charge in [0.2, 0.25) is 5.91 Å². The number of thiazole rings is 1. The number of nitrogens with zero attached hydrogens (tertiary/aromatic N) is 1. The number of ether oxygens (including phenoxy) is 1. The molecule has 118 valence electrons. The van der Waals surface area contributed by atoms with Crippen molar-refractivity contribution in [3.05, 3.63) is 35.8 Å². The molecule has 2 N–H and O–H groups in total. The summed E-state index contributed by atoms with van der Waals surface area (Å²) in [7, 11) is 0. The second kappa shape index (κ2) is 8.24. The van der Waals surface area contributed by atoms with E-state index >= 15 is 0 Å². The summed E-state index contributed by atoms with van der Waals surface area (Å²) in [6.07, 6.45) is 2.11. The smallest absolute Gasteiger partial charge is 0.227 e. The normalized spacial score (nSPS) is 17.5. The monoisotopic (exact) mass is 339 g/mol. The van der Waals surface area contributed by atoms with Crippen LogP contribution in [0, 0.1) is 0 Å². The average Bonchev–Trinajstić information content (AvgIpc) is 3.02. The second-order valence-electron chi connectivity index (χ2n) is 4.87. The third kappa shape index (κ3) is 4.51. The number of morpholine rings is 1. The van der Waals surface area contributed by atoms with Crippen molar-refractivity contribution in [1.29, 1.82) is 0 Å². The topological polar surface area (TPSA) is 63.2 Å². The number of hydrogen-bond acceptors (Lipinski definition) is 5. The Morgan fingerprint density at radius 1 is 1.50 bits per heavy atom. The van der Waals surface area contributed by atoms with E-state index in [2.05, 4.69) is 15.6 Å². The second-order valence-corrected chi connectivity index (χ2v) is 5.76. The number of benzene rings is 1. The number of carbonyl (C=O) groups is 1. The van der Waals surface area contributed by atoms with Crippen LogP contribution in [-0.2, 0) is 9.53 Å². The van der Waals surface area contributed by atoms with Crippen LogP contribution in [-0.4, -0.2) is 36.7 Å². The van der Waals surface area contributed by atoms with Gasteiger partial charge in [-0.1, -0.05) is 12.1 Å². The fourth-order valence-corrected chi connectivity index (χ4v) is 2.90. The van der Waals surface area contributed by atoms with Crippen LogP contribution in [0.1, 0.15) is 6.42 Å². The Hall–Kier alpha value is -1.47. The summed E-state index contributed by atoms with van der Waals surface area (Å²) in [5.74, 6) is -0.0278. The molecular weight excluding hydrogens is 322 g/mol. The summed E-state index contributed by atoms with van der Waals surface area (Å²) in [4.78, 5) is 16.3. The molecular formula is C15H18ClN3O2S. The molecule has 7 heteroatoms.